The van der Waals surface area contributed by atoms with E-state index in [-0.39, 0.29) is 42.7 Å². The van der Waals surface area contributed by atoms with Gasteiger partial charge < -0.3 is 11.1 Å². The molecule has 1 aliphatic carbocycles. The average molecular weight is 372 g/mol. The minimum absolute atomic E-state index is 0. The fourth-order valence-electron chi connectivity index (χ4n) is 2.85. The van der Waals surface area contributed by atoms with Crippen LogP contribution in [-0.4, -0.2) is 26.7 Å². The van der Waals surface area contributed by atoms with Crippen LogP contribution in [0.5, 0.6) is 0 Å². The highest BCUT2D eigenvalue weighted by Crippen LogP contribution is 2.24. The van der Waals surface area contributed by atoms with Crippen molar-refractivity contribution in [3.63, 3.8) is 0 Å². The zero-order valence-corrected chi connectivity index (χ0v) is 14.9. The molecule has 2 aromatic rings. The average Bonchev–Trinajstić information content (AvgIpc) is 3.18. The molecule has 1 fully saturated rings. The summed E-state index contributed by atoms with van der Waals surface area (Å²) in [5.41, 5.74) is 8.10. The lowest BCUT2D eigenvalue weighted by atomic mass is 10.1. The standard InChI is InChI=1S/C16H21N5O.2ClH/c17-15-6-5-14(7-15)16(22)19-8-12-1-3-13(4-2-12)9-21-11-18-10-20-21;;/h1-4,10-11,14-15H,5-9,17H2,(H,19,22);2*1H. The van der Waals surface area contributed by atoms with E-state index >= 15 is 0 Å². The SMILES string of the molecule is Cl.Cl.NC1CCC(C(=O)NCc2ccc(Cn3cncn3)cc2)C1. The summed E-state index contributed by atoms with van der Waals surface area (Å²) in [6, 6.07) is 8.36. The lowest BCUT2D eigenvalue weighted by molar-refractivity contribution is -0.125. The van der Waals surface area contributed by atoms with Crippen LogP contribution < -0.4 is 11.1 Å². The molecule has 132 valence electrons. The van der Waals surface area contributed by atoms with Crippen LogP contribution in [0.15, 0.2) is 36.9 Å². The third-order valence-corrected chi connectivity index (χ3v) is 4.14. The maximum Gasteiger partial charge on any atom is 0.223 e. The first-order valence-corrected chi connectivity index (χ1v) is 7.64. The summed E-state index contributed by atoms with van der Waals surface area (Å²) in [5, 5.41) is 7.09. The predicted molar refractivity (Wildman–Crippen MR) is 97.2 cm³/mol. The Morgan fingerprint density at radius 2 is 1.92 bits per heavy atom. The molecule has 0 spiro atoms. The highest BCUT2D eigenvalue weighted by molar-refractivity contribution is 5.85. The Hall–Kier alpha value is -1.63. The molecule has 2 atom stereocenters. The Balaban J connectivity index is 0.00000144. The number of hydrogen-bond acceptors (Lipinski definition) is 4. The molecule has 24 heavy (non-hydrogen) atoms. The number of hydrogen-bond donors (Lipinski definition) is 2. The van der Waals surface area contributed by atoms with Crippen molar-refractivity contribution in [3.8, 4) is 0 Å². The molecule has 0 aliphatic heterocycles. The highest BCUT2D eigenvalue weighted by atomic mass is 35.5. The van der Waals surface area contributed by atoms with Crippen molar-refractivity contribution < 1.29 is 4.79 Å². The number of aromatic nitrogens is 3. The van der Waals surface area contributed by atoms with Gasteiger partial charge in [-0.1, -0.05) is 24.3 Å². The third kappa shape index (κ3) is 5.47. The van der Waals surface area contributed by atoms with Gasteiger partial charge in [0.25, 0.3) is 0 Å². The molecule has 1 amide bonds. The van der Waals surface area contributed by atoms with Crippen LogP contribution in [0.25, 0.3) is 0 Å². The van der Waals surface area contributed by atoms with Gasteiger partial charge in [0.15, 0.2) is 0 Å². The first kappa shape index (κ1) is 20.4. The Labute approximate surface area is 154 Å². The molecule has 1 saturated carbocycles. The van der Waals surface area contributed by atoms with Crippen molar-refractivity contribution in [2.24, 2.45) is 11.7 Å². The van der Waals surface area contributed by atoms with Gasteiger partial charge in [0.1, 0.15) is 12.7 Å². The van der Waals surface area contributed by atoms with E-state index in [4.69, 9.17) is 5.73 Å². The van der Waals surface area contributed by atoms with Crippen molar-refractivity contribution >= 4 is 30.7 Å². The van der Waals surface area contributed by atoms with E-state index in [9.17, 15) is 4.79 Å². The van der Waals surface area contributed by atoms with Gasteiger partial charge in [-0.25, -0.2) is 9.67 Å². The molecule has 3 rings (SSSR count). The van der Waals surface area contributed by atoms with E-state index in [1.165, 1.54) is 6.33 Å². The smallest absolute Gasteiger partial charge is 0.223 e. The van der Waals surface area contributed by atoms with Gasteiger partial charge in [-0.05, 0) is 30.4 Å². The number of carbonyl (C=O) groups is 1. The van der Waals surface area contributed by atoms with Crippen molar-refractivity contribution in [1.29, 1.82) is 0 Å². The minimum Gasteiger partial charge on any atom is -0.352 e. The second-order valence-corrected chi connectivity index (χ2v) is 5.90. The molecule has 0 bridgehead atoms. The lowest BCUT2D eigenvalue weighted by Gasteiger charge is -2.11. The van der Waals surface area contributed by atoms with E-state index < -0.39 is 0 Å². The molecule has 1 aliphatic rings. The van der Waals surface area contributed by atoms with Gasteiger partial charge in [0.05, 0.1) is 6.54 Å². The van der Waals surface area contributed by atoms with E-state index in [2.05, 4.69) is 27.5 Å². The van der Waals surface area contributed by atoms with E-state index in [1.807, 2.05) is 12.1 Å². The van der Waals surface area contributed by atoms with Gasteiger partial charge >= 0.3 is 0 Å². The molecule has 2 unspecified atom stereocenters. The first-order valence-electron chi connectivity index (χ1n) is 7.64. The van der Waals surface area contributed by atoms with Gasteiger partial charge in [-0.2, -0.15) is 5.10 Å². The number of carbonyl (C=O) groups excluding carboxylic acids is 1. The van der Waals surface area contributed by atoms with Crippen molar-refractivity contribution in [2.45, 2.75) is 38.4 Å². The second kappa shape index (κ2) is 9.61. The van der Waals surface area contributed by atoms with Crippen LogP contribution >= 0.6 is 24.8 Å². The molecule has 0 radical (unpaired) electrons. The van der Waals surface area contributed by atoms with Crippen LogP contribution in [0.3, 0.4) is 0 Å². The Morgan fingerprint density at radius 1 is 1.21 bits per heavy atom. The zero-order chi connectivity index (χ0) is 15.4. The number of amides is 1. The molecule has 8 heteroatoms. The van der Waals surface area contributed by atoms with Crippen LogP contribution in [0.2, 0.25) is 0 Å². The normalized spacial score (nSPS) is 19.2. The number of nitrogens with two attached hydrogens (primary N) is 1. The summed E-state index contributed by atoms with van der Waals surface area (Å²) in [7, 11) is 0. The summed E-state index contributed by atoms with van der Waals surface area (Å²) in [4.78, 5) is 16.0. The van der Waals surface area contributed by atoms with Crippen molar-refractivity contribution in [2.75, 3.05) is 0 Å². The zero-order valence-electron chi connectivity index (χ0n) is 13.3. The maximum absolute atomic E-state index is 12.1. The van der Waals surface area contributed by atoms with Gasteiger partial charge in [-0.3, -0.25) is 4.79 Å². The molecule has 6 nitrogen and oxygen atoms in total. The van der Waals surface area contributed by atoms with E-state index in [0.717, 1.165) is 30.4 Å². The van der Waals surface area contributed by atoms with Crippen LogP contribution in [0.1, 0.15) is 30.4 Å². The van der Waals surface area contributed by atoms with Gasteiger partial charge in [0, 0.05) is 18.5 Å². The maximum atomic E-state index is 12.1. The number of nitrogens with one attached hydrogen (secondary N) is 1. The quantitative estimate of drug-likeness (QED) is 0.840. The van der Waals surface area contributed by atoms with E-state index in [1.54, 1.807) is 11.0 Å². The molecule has 1 heterocycles. The van der Waals surface area contributed by atoms with Crippen molar-refractivity contribution in [1.82, 2.24) is 20.1 Å². The summed E-state index contributed by atoms with van der Waals surface area (Å²) < 4.78 is 1.78. The van der Waals surface area contributed by atoms with Crippen LogP contribution in [-0.2, 0) is 17.9 Å². The monoisotopic (exact) mass is 371 g/mol. The predicted octanol–water partition coefficient (Wildman–Crippen LogP) is 1.91. The molecule has 1 aromatic heterocycles. The topological polar surface area (TPSA) is 85.8 Å². The molecule has 3 N–H and O–H groups in total. The van der Waals surface area contributed by atoms with Crippen LogP contribution in [0.4, 0.5) is 0 Å². The Morgan fingerprint density at radius 3 is 2.50 bits per heavy atom. The summed E-state index contributed by atoms with van der Waals surface area (Å²) in [5.74, 6) is 0.209. The van der Waals surface area contributed by atoms with Gasteiger partial charge in [0.2, 0.25) is 5.91 Å². The Bertz CT molecular complexity index is 618. The summed E-state index contributed by atoms with van der Waals surface area (Å²) in [6.45, 7) is 1.26. The van der Waals surface area contributed by atoms with Crippen molar-refractivity contribution in [3.05, 3.63) is 48.0 Å². The van der Waals surface area contributed by atoms with Crippen LogP contribution in [0, 0.1) is 5.92 Å². The number of nitrogens with zero attached hydrogens (tertiary/aromatic N) is 3. The Kier molecular flexibility index (Phi) is 8.18. The summed E-state index contributed by atoms with van der Waals surface area (Å²) in [6.07, 6.45) is 5.89. The highest BCUT2D eigenvalue weighted by Gasteiger charge is 2.27. The lowest BCUT2D eigenvalue weighted by Crippen LogP contribution is -2.29. The minimum atomic E-state index is 0. The fourth-order valence-corrected chi connectivity index (χ4v) is 2.85. The second-order valence-electron chi connectivity index (χ2n) is 5.90. The fraction of sp³-hybridized carbons (Fsp3) is 0.438. The van der Waals surface area contributed by atoms with Gasteiger partial charge in [-0.15, -0.1) is 24.8 Å². The molecular formula is C16H23Cl2N5O. The molecule has 0 saturated heterocycles. The first-order chi connectivity index (χ1) is 10.7. The molecule has 1 aromatic carbocycles. The molecular weight excluding hydrogens is 349 g/mol. The summed E-state index contributed by atoms with van der Waals surface area (Å²) >= 11 is 0. The number of rotatable bonds is 5. The van der Waals surface area contributed by atoms with E-state index in [0.29, 0.717) is 13.1 Å². The third-order valence-electron chi connectivity index (χ3n) is 4.14. The number of benzene rings is 1. The largest absolute Gasteiger partial charge is 0.352 e. The number of halogens is 2.